The molecule has 0 aliphatic carbocycles. The van der Waals surface area contributed by atoms with E-state index in [-0.39, 0.29) is 11.5 Å². The van der Waals surface area contributed by atoms with E-state index in [4.69, 9.17) is 4.74 Å². The zero-order valence-electron chi connectivity index (χ0n) is 11.8. The molecule has 19 heavy (non-hydrogen) atoms. The van der Waals surface area contributed by atoms with Crippen molar-refractivity contribution in [1.82, 2.24) is 15.1 Å². The number of hydrogen-bond acceptors (Lipinski definition) is 5. The predicted molar refractivity (Wildman–Crippen MR) is 74.9 cm³/mol. The SMILES string of the molecule is CCS(=O)(=O)CCn1ncc(CNCCOC)c1C. The fraction of sp³-hybridized carbons (Fsp3) is 0.750. The molecule has 6 nitrogen and oxygen atoms in total. The standard InChI is InChI=1S/C12H23N3O3S/c1-4-19(16,17)8-6-15-11(2)12(10-14-15)9-13-5-7-18-3/h10,13H,4-9H2,1-3H3. The first kappa shape index (κ1) is 16.1. The third kappa shape index (κ3) is 5.30. The largest absolute Gasteiger partial charge is 0.383 e. The van der Waals surface area contributed by atoms with E-state index in [1.165, 1.54) is 0 Å². The highest BCUT2D eigenvalue weighted by Gasteiger charge is 2.11. The first-order valence-electron chi connectivity index (χ1n) is 6.41. The average Bonchev–Trinajstić information content (AvgIpc) is 2.74. The molecule has 0 aromatic carbocycles. The second-order valence-corrected chi connectivity index (χ2v) is 6.86. The molecule has 0 aliphatic rings. The van der Waals surface area contributed by atoms with Crippen LogP contribution in [-0.4, -0.2) is 50.0 Å². The molecule has 0 radical (unpaired) electrons. The molecule has 7 heteroatoms. The van der Waals surface area contributed by atoms with Crippen molar-refractivity contribution in [3.8, 4) is 0 Å². The van der Waals surface area contributed by atoms with E-state index < -0.39 is 9.84 Å². The number of methoxy groups -OCH3 is 1. The molecule has 0 bridgehead atoms. The Bertz CT molecular complexity index is 482. The Kier molecular flexibility index (Phi) is 6.47. The normalized spacial score (nSPS) is 11.9. The van der Waals surface area contributed by atoms with E-state index in [9.17, 15) is 8.42 Å². The predicted octanol–water partition coefficient (Wildman–Crippen LogP) is 0.362. The van der Waals surface area contributed by atoms with Crippen LogP contribution in [-0.2, 0) is 27.7 Å². The summed E-state index contributed by atoms with van der Waals surface area (Å²) >= 11 is 0. The molecular formula is C12H23N3O3S. The lowest BCUT2D eigenvalue weighted by molar-refractivity contribution is 0.199. The van der Waals surface area contributed by atoms with Gasteiger partial charge in [-0.15, -0.1) is 0 Å². The summed E-state index contributed by atoms with van der Waals surface area (Å²) in [6, 6.07) is 0. The minimum Gasteiger partial charge on any atom is -0.383 e. The van der Waals surface area contributed by atoms with Crippen molar-refractivity contribution in [1.29, 1.82) is 0 Å². The maximum atomic E-state index is 11.5. The van der Waals surface area contributed by atoms with Crippen LogP contribution in [0.1, 0.15) is 18.2 Å². The van der Waals surface area contributed by atoms with E-state index in [2.05, 4.69) is 10.4 Å². The molecule has 0 amide bonds. The summed E-state index contributed by atoms with van der Waals surface area (Å²) < 4.78 is 29.6. The second kappa shape index (κ2) is 7.62. The van der Waals surface area contributed by atoms with E-state index in [1.807, 2.05) is 6.92 Å². The van der Waals surface area contributed by atoms with Crippen LogP contribution in [0.15, 0.2) is 6.20 Å². The maximum absolute atomic E-state index is 11.5. The molecule has 1 aromatic rings. The number of aromatic nitrogens is 2. The van der Waals surface area contributed by atoms with Crippen molar-refractivity contribution in [2.45, 2.75) is 26.9 Å². The van der Waals surface area contributed by atoms with Crippen molar-refractivity contribution >= 4 is 9.84 Å². The molecule has 1 N–H and O–H groups in total. The van der Waals surface area contributed by atoms with Gasteiger partial charge in [0.1, 0.15) is 0 Å². The Morgan fingerprint density at radius 3 is 2.84 bits per heavy atom. The monoisotopic (exact) mass is 289 g/mol. The van der Waals surface area contributed by atoms with Gasteiger partial charge in [-0.3, -0.25) is 4.68 Å². The van der Waals surface area contributed by atoms with Crippen LogP contribution >= 0.6 is 0 Å². The fourth-order valence-corrected chi connectivity index (χ4v) is 2.39. The van der Waals surface area contributed by atoms with Crippen LogP contribution in [0.25, 0.3) is 0 Å². The maximum Gasteiger partial charge on any atom is 0.151 e. The first-order valence-corrected chi connectivity index (χ1v) is 8.23. The molecule has 0 aliphatic heterocycles. The number of aryl methyl sites for hydroxylation is 1. The summed E-state index contributed by atoms with van der Waals surface area (Å²) in [6.45, 7) is 6.21. The van der Waals surface area contributed by atoms with Crippen LogP contribution in [0.3, 0.4) is 0 Å². The number of nitrogens with zero attached hydrogens (tertiary/aromatic N) is 2. The molecular weight excluding hydrogens is 266 g/mol. The highest BCUT2D eigenvalue weighted by Crippen LogP contribution is 2.07. The summed E-state index contributed by atoms with van der Waals surface area (Å²) in [6.07, 6.45) is 1.79. The summed E-state index contributed by atoms with van der Waals surface area (Å²) in [5.74, 6) is 0.321. The zero-order chi connectivity index (χ0) is 14.3. The van der Waals surface area contributed by atoms with Crippen LogP contribution < -0.4 is 5.32 Å². The minimum atomic E-state index is -2.94. The van der Waals surface area contributed by atoms with Crippen molar-refractivity contribution in [3.63, 3.8) is 0 Å². The van der Waals surface area contributed by atoms with E-state index in [0.29, 0.717) is 13.2 Å². The van der Waals surface area contributed by atoms with Gasteiger partial charge in [0.15, 0.2) is 9.84 Å². The van der Waals surface area contributed by atoms with Crippen LogP contribution in [0, 0.1) is 6.92 Å². The van der Waals surface area contributed by atoms with Gasteiger partial charge in [-0.1, -0.05) is 6.92 Å². The Hall–Kier alpha value is -0.920. The quantitative estimate of drug-likeness (QED) is 0.665. The minimum absolute atomic E-state index is 0.141. The van der Waals surface area contributed by atoms with Gasteiger partial charge >= 0.3 is 0 Å². The Balaban J connectivity index is 2.51. The van der Waals surface area contributed by atoms with Gasteiger partial charge in [0.25, 0.3) is 0 Å². The van der Waals surface area contributed by atoms with Crippen LogP contribution in [0.4, 0.5) is 0 Å². The Morgan fingerprint density at radius 2 is 2.21 bits per heavy atom. The molecule has 1 aromatic heterocycles. The summed E-state index contributed by atoms with van der Waals surface area (Å²) in [4.78, 5) is 0. The zero-order valence-corrected chi connectivity index (χ0v) is 12.7. The smallest absolute Gasteiger partial charge is 0.151 e. The second-order valence-electron chi connectivity index (χ2n) is 4.38. The average molecular weight is 289 g/mol. The molecule has 0 unspecified atom stereocenters. The van der Waals surface area contributed by atoms with E-state index >= 15 is 0 Å². The van der Waals surface area contributed by atoms with Gasteiger partial charge in [0.05, 0.1) is 25.1 Å². The number of rotatable bonds is 9. The van der Waals surface area contributed by atoms with Crippen molar-refractivity contribution in [2.75, 3.05) is 31.8 Å². The first-order chi connectivity index (χ1) is 9.00. The number of sulfone groups is 1. The highest BCUT2D eigenvalue weighted by molar-refractivity contribution is 7.91. The Morgan fingerprint density at radius 1 is 1.47 bits per heavy atom. The molecule has 0 fully saturated rings. The van der Waals surface area contributed by atoms with Gasteiger partial charge in [0, 0.05) is 37.2 Å². The van der Waals surface area contributed by atoms with E-state index in [1.54, 1.807) is 24.9 Å². The number of nitrogens with one attached hydrogen (secondary N) is 1. The van der Waals surface area contributed by atoms with Crippen LogP contribution in [0.5, 0.6) is 0 Å². The van der Waals surface area contributed by atoms with Crippen molar-refractivity contribution in [2.24, 2.45) is 0 Å². The van der Waals surface area contributed by atoms with Gasteiger partial charge in [-0.05, 0) is 6.92 Å². The molecule has 0 atom stereocenters. The molecule has 0 saturated heterocycles. The highest BCUT2D eigenvalue weighted by atomic mass is 32.2. The van der Waals surface area contributed by atoms with E-state index in [0.717, 1.165) is 24.3 Å². The Labute approximate surface area is 115 Å². The van der Waals surface area contributed by atoms with Gasteiger partial charge in [0.2, 0.25) is 0 Å². The third-order valence-electron chi connectivity index (χ3n) is 3.06. The molecule has 0 spiro atoms. The number of ether oxygens (including phenoxy) is 1. The summed E-state index contributed by atoms with van der Waals surface area (Å²) in [7, 11) is -1.28. The molecule has 110 valence electrons. The fourth-order valence-electron chi connectivity index (χ4n) is 1.65. The van der Waals surface area contributed by atoms with Gasteiger partial charge in [-0.2, -0.15) is 5.10 Å². The lowest BCUT2D eigenvalue weighted by atomic mass is 10.2. The summed E-state index contributed by atoms with van der Waals surface area (Å²) in [5.41, 5.74) is 2.10. The molecule has 1 rings (SSSR count). The number of hydrogen-bond donors (Lipinski definition) is 1. The van der Waals surface area contributed by atoms with Gasteiger partial charge < -0.3 is 10.1 Å². The molecule has 1 heterocycles. The summed E-state index contributed by atoms with van der Waals surface area (Å²) in [5, 5.41) is 7.48. The lowest BCUT2D eigenvalue weighted by Gasteiger charge is -2.06. The van der Waals surface area contributed by atoms with Crippen molar-refractivity contribution in [3.05, 3.63) is 17.5 Å². The topological polar surface area (TPSA) is 73.2 Å². The van der Waals surface area contributed by atoms with Gasteiger partial charge in [-0.25, -0.2) is 8.42 Å². The lowest BCUT2D eigenvalue weighted by Crippen LogP contribution is -2.19. The molecule has 0 saturated carbocycles. The van der Waals surface area contributed by atoms with Crippen LogP contribution in [0.2, 0.25) is 0 Å². The third-order valence-corrected chi connectivity index (χ3v) is 4.74. The van der Waals surface area contributed by atoms with Crippen molar-refractivity contribution < 1.29 is 13.2 Å².